The average molecular weight is 674 g/mol. The van der Waals surface area contributed by atoms with Crippen molar-refractivity contribution in [2.45, 2.75) is 43.1 Å². The van der Waals surface area contributed by atoms with Gasteiger partial charge >= 0.3 is 12.3 Å². The first-order valence-electron chi connectivity index (χ1n) is 14.0. The number of nitrogens with one attached hydrogen (secondary N) is 3. The summed E-state index contributed by atoms with van der Waals surface area (Å²) < 4.78 is 90.6. The third-order valence-electron chi connectivity index (χ3n) is 7.17. The number of nitrogens with two attached hydrogens (primary N) is 1. The minimum Gasteiger partial charge on any atom is -0.448 e. The van der Waals surface area contributed by atoms with Crippen LogP contribution in [-0.4, -0.2) is 67.7 Å². The molecule has 0 bridgehead atoms. The molecule has 1 aliphatic rings. The van der Waals surface area contributed by atoms with Crippen LogP contribution in [0.3, 0.4) is 0 Å². The van der Waals surface area contributed by atoms with Crippen LogP contribution in [0.1, 0.15) is 29.0 Å². The number of ether oxygens (including phenoxy) is 2. The molecule has 248 valence electrons. The molecule has 2 heterocycles. The summed E-state index contributed by atoms with van der Waals surface area (Å²) >= 11 is 5.83. The molecule has 46 heavy (non-hydrogen) atoms. The van der Waals surface area contributed by atoms with Crippen LogP contribution in [0.2, 0.25) is 5.02 Å². The van der Waals surface area contributed by atoms with Gasteiger partial charge in [-0.25, -0.2) is 18.0 Å². The van der Waals surface area contributed by atoms with Gasteiger partial charge in [0.1, 0.15) is 30.6 Å². The summed E-state index contributed by atoms with van der Waals surface area (Å²) in [4.78, 5) is 28.7. The lowest BCUT2D eigenvalue weighted by Gasteiger charge is -2.30. The van der Waals surface area contributed by atoms with Gasteiger partial charge in [-0.1, -0.05) is 29.8 Å². The molecule has 5 N–H and O–H groups in total. The Labute approximate surface area is 264 Å². The highest BCUT2D eigenvalue weighted by Crippen LogP contribution is 2.31. The summed E-state index contributed by atoms with van der Waals surface area (Å²) in [6, 6.07) is 7.39. The Kier molecular flexibility index (Phi) is 11.8. The Morgan fingerprint density at radius 2 is 1.87 bits per heavy atom. The molecular weight excluding hydrogens is 644 g/mol. The van der Waals surface area contributed by atoms with E-state index in [1.807, 2.05) is 0 Å². The normalized spacial score (nSPS) is 18.0. The van der Waals surface area contributed by atoms with E-state index in [1.54, 1.807) is 11.4 Å². The zero-order chi connectivity index (χ0) is 33.4. The number of hydrogen-bond donors (Lipinski definition) is 4. The maximum absolute atomic E-state index is 14.9. The van der Waals surface area contributed by atoms with Crippen LogP contribution in [0.15, 0.2) is 54.9 Å². The molecule has 1 fully saturated rings. The largest absolute Gasteiger partial charge is 0.448 e. The van der Waals surface area contributed by atoms with Gasteiger partial charge in [0.15, 0.2) is 0 Å². The summed E-state index contributed by atoms with van der Waals surface area (Å²) in [6.45, 7) is -1.41. The number of anilines is 1. The Morgan fingerprint density at radius 3 is 2.54 bits per heavy atom. The molecule has 3 aromatic rings. The number of carbonyl (C=O) groups excluding carboxylic acids is 2. The number of alkyl halides is 3. The highest BCUT2D eigenvalue weighted by Gasteiger charge is 2.31. The van der Waals surface area contributed by atoms with Crippen LogP contribution in [0.25, 0.3) is 0 Å². The van der Waals surface area contributed by atoms with Gasteiger partial charge < -0.3 is 31.2 Å². The summed E-state index contributed by atoms with van der Waals surface area (Å²) in [7, 11) is 0. The second-order valence-electron chi connectivity index (χ2n) is 10.5. The summed E-state index contributed by atoms with van der Waals surface area (Å²) in [6.07, 6.45) is -3.57. The Hall–Kier alpha value is -3.92. The molecule has 0 saturated carbocycles. The van der Waals surface area contributed by atoms with Gasteiger partial charge in [-0.15, -0.1) is 0 Å². The van der Waals surface area contributed by atoms with Crippen molar-refractivity contribution in [2.75, 3.05) is 31.6 Å². The number of nitrogens with zero attached hydrogens (tertiary/aromatic N) is 1. The number of pyridine rings is 1. The number of benzene rings is 2. The second kappa shape index (κ2) is 15.6. The maximum atomic E-state index is 14.9. The quantitative estimate of drug-likeness (QED) is 0.215. The van der Waals surface area contributed by atoms with Crippen LogP contribution in [0.4, 0.5) is 36.8 Å². The molecular formula is C30H30ClF6N5O4. The van der Waals surface area contributed by atoms with E-state index in [-0.39, 0.29) is 48.0 Å². The van der Waals surface area contributed by atoms with Crippen LogP contribution in [0.5, 0.6) is 0 Å². The fraction of sp³-hybridized carbons (Fsp3) is 0.367. The Balaban J connectivity index is 1.38. The summed E-state index contributed by atoms with van der Waals surface area (Å²) in [5, 5.41) is 7.10. The van der Waals surface area contributed by atoms with Crippen molar-refractivity contribution in [1.29, 1.82) is 0 Å². The average Bonchev–Trinajstić information content (AvgIpc) is 3.00. The number of carbonyl (C=O) groups is 2. The van der Waals surface area contributed by atoms with Crippen molar-refractivity contribution in [3.63, 3.8) is 0 Å². The highest BCUT2D eigenvalue weighted by molar-refractivity contribution is 6.30. The SMILES string of the molecule is N[C@H](C(=O)Nc1cncc(F)c1CC[C@@H]1CN[C@H](COC(=O)NCC(F)(F)F)CO1)[C@H](c1cccc(F)c1)c1ccc(Cl)c(F)c1. The topological polar surface area (TPSA) is 128 Å². The van der Waals surface area contributed by atoms with E-state index in [1.165, 1.54) is 36.5 Å². The lowest BCUT2D eigenvalue weighted by Crippen LogP contribution is -2.49. The molecule has 9 nitrogen and oxygen atoms in total. The van der Waals surface area contributed by atoms with Gasteiger partial charge in [-0.3, -0.25) is 9.78 Å². The standard InChI is InChI=1S/C30H30ClF6N5O4/c31-22-7-4-17(9-23(22)33)26(16-2-1-3-18(32)8-16)27(38)28(43)42-25-12-39-11-24(34)21(25)6-5-20-10-40-19(13-45-20)14-46-29(44)41-15-30(35,36)37/h1-4,7-9,11-12,19-20,26-27,40H,5-6,10,13-15,38H2,(H,41,44)(H,42,43)/t19-,20+,26+,27-/m0/s1. The van der Waals surface area contributed by atoms with Crippen molar-refractivity contribution < 1.29 is 45.4 Å². The first kappa shape index (κ1) is 34.9. The number of amides is 2. The van der Waals surface area contributed by atoms with Gasteiger partial charge in [0.2, 0.25) is 5.91 Å². The van der Waals surface area contributed by atoms with E-state index in [2.05, 4.69) is 15.6 Å². The second-order valence-corrected chi connectivity index (χ2v) is 10.9. The molecule has 2 aromatic carbocycles. The number of morpholine rings is 1. The van der Waals surface area contributed by atoms with Crippen molar-refractivity contribution >= 4 is 29.3 Å². The molecule has 16 heteroatoms. The summed E-state index contributed by atoms with van der Waals surface area (Å²) in [5.41, 5.74) is 7.09. The predicted octanol–water partition coefficient (Wildman–Crippen LogP) is 4.83. The maximum Gasteiger partial charge on any atom is 0.407 e. The zero-order valence-corrected chi connectivity index (χ0v) is 24.8. The lowest BCUT2D eigenvalue weighted by atomic mass is 9.84. The fourth-order valence-corrected chi connectivity index (χ4v) is 4.99. The van der Waals surface area contributed by atoms with Crippen molar-refractivity contribution in [3.8, 4) is 0 Å². The van der Waals surface area contributed by atoms with Crippen LogP contribution in [0, 0.1) is 17.5 Å². The Bertz CT molecular complexity index is 1520. The van der Waals surface area contributed by atoms with E-state index in [4.69, 9.17) is 26.8 Å². The van der Waals surface area contributed by atoms with E-state index in [9.17, 15) is 35.9 Å². The van der Waals surface area contributed by atoms with Crippen molar-refractivity contribution in [3.05, 3.63) is 94.0 Å². The van der Waals surface area contributed by atoms with E-state index in [0.29, 0.717) is 12.0 Å². The molecule has 0 unspecified atom stereocenters. The van der Waals surface area contributed by atoms with Gasteiger partial charge in [0.05, 0.1) is 47.9 Å². The minimum absolute atomic E-state index is 0.0423. The molecule has 0 radical (unpaired) electrons. The van der Waals surface area contributed by atoms with Gasteiger partial charge in [-0.2, -0.15) is 13.2 Å². The number of rotatable bonds is 11. The molecule has 0 aliphatic carbocycles. The monoisotopic (exact) mass is 673 g/mol. The molecule has 4 rings (SSSR count). The third-order valence-corrected chi connectivity index (χ3v) is 7.47. The molecule has 4 atom stereocenters. The molecule has 1 aliphatic heterocycles. The highest BCUT2D eigenvalue weighted by atomic mass is 35.5. The zero-order valence-electron chi connectivity index (χ0n) is 24.1. The van der Waals surface area contributed by atoms with Crippen LogP contribution in [-0.2, 0) is 20.7 Å². The first-order chi connectivity index (χ1) is 21.8. The summed E-state index contributed by atoms with van der Waals surface area (Å²) in [5.74, 6) is -3.81. The molecule has 2 amide bonds. The molecule has 1 aromatic heterocycles. The smallest absolute Gasteiger partial charge is 0.407 e. The van der Waals surface area contributed by atoms with E-state index < -0.39 is 66.3 Å². The predicted molar refractivity (Wildman–Crippen MR) is 156 cm³/mol. The van der Waals surface area contributed by atoms with Crippen LogP contribution >= 0.6 is 11.6 Å². The lowest BCUT2D eigenvalue weighted by molar-refractivity contribution is -0.124. The van der Waals surface area contributed by atoms with Gasteiger partial charge in [0.25, 0.3) is 0 Å². The number of aromatic nitrogens is 1. The van der Waals surface area contributed by atoms with Gasteiger partial charge in [0, 0.05) is 18.0 Å². The number of halogens is 7. The van der Waals surface area contributed by atoms with Crippen LogP contribution < -0.4 is 21.7 Å². The molecule has 0 spiro atoms. The van der Waals surface area contributed by atoms with E-state index in [0.717, 1.165) is 12.3 Å². The first-order valence-corrected chi connectivity index (χ1v) is 14.4. The minimum atomic E-state index is -4.56. The van der Waals surface area contributed by atoms with Crippen molar-refractivity contribution in [1.82, 2.24) is 15.6 Å². The third kappa shape index (κ3) is 9.79. The number of hydrogen-bond acceptors (Lipinski definition) is 7. The van der Waals surface area contributed by atoms with E-state index >= 15 is 0 Å². The molecule has 1 saturated heterocycles. The van der Waals surface area contributed by atoms with Gasteiger partial charge in [-0.05, 0) is 48.2 Å². The van der Waals surface area contributed by atoms with Crippen molar-refractivity contribution in [2.24, 2.45) is 5.73 Å². The fourth-order valence-electron chi connectivity index (χ4n) is 4.87. The Morgan fingerprint density at radius 1 is 1.11 bits per heavy atom. The number of alkyl carbamates (subject to hydrolysis) is 1.